The number of methoxy groups -OCH3 is 1. The van der Waals surface area contributed by atoms with Crippen molar-refractivity contribution < 1.29 is 9.53 Å². The van der Waals surface area contributed by atoms with Crippen LogP contribution in [0.5, 0.6) is 0 Å². The van der Waals surface area contributed by atoms with Gasteiger partial charge in [0.15, 0.2) is 0 Å². The number of carbonyl (C=O) groups excluding carboxylic acids is 1. The molecule has 3 unspecified atom stereocenters. The zero-order valence-corrected chi connectivity index (χ0v) is 11.3. The molecule has 17 heavy (non-hydrogen) atoms. The van der Waals surface area contributed by atoms with Crippen molar-refractivity contribution in [3.05, 3.63) is 35.4 Å². The summed E-state index contributed by atoms with van der Waals surface area (Å²) in [4.78, 5) is 11.2. The first kappa shape index (κ1) is 12.4. The summed E-state index contributed by atoms with van der Waals surface area (Å²) in [5.74, 6) is -0.416. The van der Waals surface area contributed by atoms with Crippen LogP contribution >= 0.6 is 27.5 Å². The van der Waals surface area contributed by atoms with Crippen molar-refractivity contribution in [2.24, 2.45) is 0 Å². The van der Waals surface area contributed by atoms with E-state index in [1.165, 1.54) is 7.11 Å². The highest BCUT2D eigenvalue weighted by atomic mass is 79.9. The molecule has 2 rings (SSSR count). The van der Waals surface area contributed by atoms with Crippen LogP contribution in [0.1, 0.15) is 21.8 Å². The lowest BCUT2D eigenvalue weighted by molar-refractivity contribution is 0.0600. The normalized spacial score (nSPS) is 30.5. The topological polar surface area (TPSA) is 50.1 Å². The number of hydrogen-bond acceptors (Lipinski definition) is 3. The minimum absolute atomic E-state index is 0.0409. The van der Waals surface area contributed by atoms with Gasteiger partial charge in [-0.1, -0.05) is 28.1 Å². The van der Waals surface area contributed by atoms with E-state index in [-0.39, 0.29) is 17.3 Å². The number of carbonyl (C=O) groups is 1. The third-order valence-corrected chi connectivity index (χ3v) is 4.92. The Balaban J connectivity index is 2.22. The van der Waals surface area contributed by atoms with Gasteiger partial charge >= 0.3 is 5.97 Å². The lowest BCUT2D eigenvalue weighted by atomic mass is 10.1. The molecule has 1 fully saturated rings. The van der Waals surface area contributed by atoms with Gasteiger partial charge in [0.1, 0.15) is 4.32 Å². The standard InChI is InChI=1S/C12H9BrClNO2/c1-17-11(16)8-4-2-7(3-5-8)9-10(14)12(9,13)6-15/h2-5,9-10H,1H3. The Kier molecular flexibility index (Phi) is 3.15. The second kappa shape index (κ2) is 4.32. The summed E-state index contributed by atoms with van der Waals surface area (Å²) in [7, 11) is 1.34. The molecule has 1 aromatic carbocycles. The van der Waals surface area contributed by atoms with Gasteiger partial charge in [-0.3, -0.25) is 0 Å². The number of rotatable bonds is 2. The van der Waals surface area contributed by atoms with Crippen LogP contribution in [0.3, 0.4) is 0 Å². The molecule has 88 valence electrons. The fourth-order valence-corrected chi connectivity index (χ4v) is 3.07. The summed E-state index contributed by atoms with van der Waals surface area (Å²) in [6.45, 7) is 0. The van der Waals surface area contributed by atoms with Gasteiger partial charge in [0.2, 0.25) is 0 Å². The molecule has 0 heterocycles. The minimum atomic E-state index is -0.679. The number of ether oxygens (including phenoxy) is 1. The maximum Gasteiger partial charge on any atom is 0.337 e. The molecule has 0 bridgehead atoms. The van der Waals surface area contributed by atoms with Crippen LogP contribution in [-0.2, 0) is 4.74 Å². The molecule has 1 aromatic rings. The van der Waals surface area contributed by atoms with Crippen molar-refractivity contribution in [2.75, 3.05) is 7.11 Å². The van der Waals surface area contributed by atoms with E-state index in [1.54, 1.807) is 24.3 Å². The predicted molar refractivity (Wildman–Crippen MR) is 67.4 cm³/mol. The molecule has 0 radical (unpaired) electrons. The molecule has 5 heteroatoms. The highest BCUT2D eigenvalue weighted by molar-refractivity contribution is 9.10. The van der Waals surface area contributed by atoms with E-state index in [0.717, 1.165) is 5.56 Å². The smallest absolute Gasteiger partial charge is 0.337 e. The lowest BCUT2D eigenvalue weighted by Gasteiger charge is -2.02. The molecule has 0 spiro atoms. The van der Waals surface area contributed by atoms with Crippen molar-refractivity contribution in [3.8, 4) is 6.07 Å². The number of esters is 1. The summed E-state index contributed by atoms with van der Waals surface area (Å²) >= 11 is 9.40. The van der Waals surface area contributed by atoms with E-state index < -0.39 is 4.32 Å². The average molecular weight is 315 g/mol. The highest BCUT2D eigenvalue weighted by Crippen LogP contribution is 2.60. The first-order chi connectivity index (χ1) is 8.04. The highest BCUT2D eigenvalue weighted by Gasteiger charge is 2.64. The van der Waals surface area contributed by atoms with Crippen molar-refractivity contribution >= 4 is 33.5 Å². The van der Waals surface area contributed by atoms with Crippen LogP contribution in [0.15, 0.2) is 24.3 Å². The molecular weight excluding hydrogens is 305 g/mol. The number of hydrogen-bond donors (Lipinski definition) is 0. The van der Waals surface area contributed by atoms with E-state index in [4.69, 9.17) is 16.9 Å². The van der Waals surface area contributed by atoms with E-state index in [0.29, 0.717) is 5.56 Å². The first-order valence-corrected chi connectivity index (χ1v) is 6.20. The molecule has 3 atom stereocenters. The molecule has 0 amide bonds. The first-order valence-electron chi connectivity index (χ1n) is 4.97. The molecule has 0 N–H and O–H groups in total. The average Bonchev–Trinajstić information content (AvgIpc) is 2.92. The van der Waals surface area contributed by atoms with Crippen LogP contribution in [0, 0.1) is 11.3 Å². The zero-order chi connectivity index (χ0) is 12.6. The Morgan fingerprint density at radius 3 is 2.53 bits per heavy atom. The van der Waals surface area contributed by atoms with Gasteiger partial charge in [-0.25, -0.2) is 4.79 Å². The summed E-state index contributed by atoms with van der Waals surface area (Å²) in [6.07, 6.45) is 0. The van der Waals surface area contributed by atoms with Gasteiger partial charge in [0.05, 0.1) is 24.1 Å². The van der Waals surface area contributed by atoms with Crippen LogP contribution in [-0.4, -0.2) is 22.8 Å². The molecule has 1 saturated carbocycles. The number of alkyl halides is 2. The van der Waals surface area contributed by atoms with E-state index >= 15 is 0 Å². The number of nitrogens with zero attached hydrogens (tertiary/aromatic N) is 1. The Morgan fingerprint density at radius 2 is 2.12 bits per heavy atom. The maximum atomic E-state index is 11.2. The van der Waals surface area contributed by atoms with E-state index in [1.807, 2.05) is 0 Å². The molecule has 1 aliphatic rings. The second-order valence-electron chi connectivity index (χ2n) is 3.87. The molecule has 1 aliphatic carbocycles. The van der Waals surface area contributed by atoms with Crippen molar-refractivity contribution in [1.29, 1.82) is 5.26 Å². The quantitative estimate of drug-likeness (QED) is 0.623. The minimum Gasteiger partial charge on any atom is -0.465 e. The Morgan fingerprint density at radius 1 is 1.53 bits per heavy atom. The molecule has 0 aromatic heterocycles. The van der Waals surface area contributed by atoms with Gasteiger partial charge in [-0.15, -0.1) is 11.6 Å². The lowest BCUT2D eigenvalue weighted by Crippen LogP contribution is -2.01. The van der Waals surface area contributed by atoms with Crippen LogP contribution in [0.2, 0.25) is 0 Å². The molecule has 3 nitrogen and oxygen atoms in total. The number of benzene rings is 1. The largest absolute Gasteiger partial charge is 0.465 e. The Hall–Kier alpha value is -1.05. The maximum absolute atomic E-state index is 11.2. The van der Waals surface area contributed by atoms with Gasteiger partial charge in [0, 0.05) is 5.92 Å². The zero-order valence-electron chi connectivity index (χ0n) is 8.98. The van der Waals surface area contributed by atoms with Gasteiger partial charge in [0.25, 0.3) is 0 Å². The fourth-order valence-electron chi connectivity index (χ4n) is 1.80. The summed E-state index contributed by atoms with van der Waals surface area (Å²) in [5, 5.41) is 8.75. The molecule has 0 saturated heterocycles. The predicted octanol–water partition coefficient (Wildman–Crippen LogP) is 2.84. The van der Waals surface area contributed by atoms with Crippen molar-refractivity contribution in [2.45, 2.75) is 15.6 Å². The summed E-state index contributed by atoms with van der Waals surface area (Å²) in [6, 6.07) is 9.10. The van der Waals surface area contributed by atoms with Gasteiger partial charge in [-0.05, 0) is 17.7 Å². The SMILES string of the molecule is COC(=O)c1ccc(C2C(Cl)C2(Br)C#N)cc1. The second-order valence-corrected chi connectivity index (χ2v) is 5.66. The third kappa shape index (κ3) is 1.94. The Bertz CT molecular complexity index is 496. The van der Waals surface area contributed by atoms with Crippen molar-refractivity contribution in [3.63, 3.8) is 0 Å². The monoisotopic (exact) mass is 313 g/mol. The molecular formula is C12H9BrClNO2. The molecule has 0 aliphatic heterocycles. The van der Waals surface area contributed by atoms with E-state index in [9.17, 15) is 4.79 Å². The fraction of sp³-hybridized carbons (Fsp3) is 0.333. The van der Waals surface area contributed by atoms with Crippen LogP contribution < -0.4 is 0 Å². The van der Waals surface area contributed by atoms with Gasteiger partial charge < -0.3 is 4.74 Å². The Labute approximate surface area is 112 Å². The summed E-state index contributed by atoms with van der Waals surface area (Å²) in [5.41, 5.74) is 1.43. The van der Waals surface area contributed by atoms with Crippen LogP contribution in [0.4, 0.5) is 0 Å². The van der Waals surface area contributed by atoms with Crippen LogP contribution in [0.25, 0.3) is 0 Å². The van der Waals surface area contributed by atoms with Gasteiger partial charge in [-0.2, -0.15) is 5.26 Å². The number of nitriles is 1. The third-order valence-electron chi connectivity index (χ3n) is 2.90. The summed E-state index contributed by atoms with van der Waals surface area (Å²) < 4.78 is 3.93. The van der Waals surface area contributed by atoms with Crippen molar-refractivity contribution in [1.82, 2.24) is 0 Å². The van der Waals surface area contributed by atoms with E-state index in [2.05, 4.69) is 26.7 Å². The number of halogens is 2.